The van der Waals surface area contributed by atoms with Crippen molar-refractivity contribution in [1.82, 2.24) is 19.6 Å². The minimum absolute atomic E-state index is 0.0435. The third kappa shape index (κ3) is 5.06. The lowest BCUT2D eigenvalue weighted by Gasteiger charge is -2.11. The van der Waals surface area contributed by atoms with Gasteiger partial charge in [0.1, 0.15) is 6.04 Å². The zero-order chi connectivity index (χ0) is 19.2. The minimum atomic E-state index is -3.91. The van der Waals surface area contributed by atoms with Crippen LogP contribution in [0, 0.1) is 11.3 Å². The van der Waals surface area contributed by atoms with Gasteiger partial charge in [0.05, 0.1) is 28.1 Å². The van der Waals surface area contributed by atoms with E-state index in [1.165, 1.54) is 30.5 Å². The molecule has 1 atom stereocenters. The smallest absolute Gasteiger partial charge is 0.207 e. The highest BCUT2D eigenvalue weighted by atomic mass is 32.2. The first-order chi connectivity index (χ1) is 12.3. The molecule has 0 spiro atoms. The molecule has 0 bridgehead atoms. The van der Waals surface area contributed by atoms with Crippen LogP contribution < -0.4 is 9.44 Å². The summed E-state index contributed by atoms with van der Waals surface area (Å²) >= 11 is 0. The average molecular weight is 395 g/mol. The zero-order valence-corrected chi connectivity index (χ0v) is 15.5. The van der Waals surface area contributed by atoms with Crippen LogP contribution in [0.25, 0.3) is 0 Å². The number of nitrogens with zero attached hydrogens (tertiary/aromatic N) is 3. The molecule has 1 heterocycles. The van der Waals surface area contributed by atoms with E-state index in [9.17, 15) is 16.8 Å². The fraction of sp³-hybridized carbons (Fsp3) is 0.267. The van der Waals surface area contributed by atoms with E-state index < -0.39 is 26.1 Å². The topological polar surface area (TPSA) is 142 Å². The summed E-state index contributed by atoms with van der Waals surface area (Å²) in [6.45, 7) is 1.63. The monoisotopic (exact) mass is 395 g/mol. The summed E-state index contributed by atoms with van der Waals surface area (Å²) in [7, 11) is -7.75. The van der Waals surface area contributed by atoms with E-state index in [0.29, 0.717) is 12.1 Å². The molecule has 0 aliphatic heterocycles. The van der Waals surface area contributed by atoms with Gasteiger partial charge in [0, 0.05) is 6.20 Å². The first kappa shape index (κ1) is 19.9. The molecular formula is C15H17N5O4S2. The van der Waals surface area contributed by atoms with Crippen molar-refractivity contribution in [2.45, 2.75) is 35.7 Å². The zero-order valence-electron chi connectivity index (χ0n) is 13.8. The SMILES string of the molecule is CC[C@@H](C#N)NS(=O)(=O)c1ccc(S(=O)(=O)NCc2cccnn2)cc1. The summed E-state index contributed by atoms with van der Waals surface area (Å²) < 4.78 is 53.5. The highest BCUT2D eigenvalue weighted by Crippen LogP contribution is 2.15. The molecule has 1 aromatic heterocycles. The largest absolute Gasteiger partial charge is 0.241 e. The third-order valence-electron chi connectivity index (χ3n) is 3.38. The Morgan fingerprint density at radius 1 is 1.08 bits per heavy atom. The Labute approximate surface area is 152 Å². The van der Waals surface area contributed by atoms with Gasteiger partial charge in [-0.3, -0.25) is 0 Å². The number of hydrogen-bond donors (Lipinski definition) is 2. The molecule has 2 aromatic rings. The molecule has 11 heteroatoms. The predicted molar refractivity (Wildman–Crippen MR) is 92.5 cm³/mol. The standard InChI is InChI=1S/C15H17N5O4S2/c1-2-12(10-16)20-26(23,24)15-7-5-14(6-8-15)25(21,22)18-11-13-4-3-9-17-19-13/h3-9,12,18,20H,2,11H2,1H3/t12-/m0/s1. The van der Waals surface area contributed by atoms with Crippen LogP contribution in [0.5, 0.6) is 0 Å². The van der Waals surface area contributed by atoms with Crippen LogP contribution in [0.1, 0.15) is 19.0 Å². The maximum Gasteiger partial charge on any atom is 0.241 e. The van der Waals surface area contributed by atoms with E-state index in [-0.39, 0.29) is 16.3 Å². The van der Waals surface area contributed by atoms with E-state index in [2.05, 4.69) is 19.6 Å². The van der Waals surface area contributed by atoms with Crippen LogP contribution >= 0.6 is 0 Å². The van der Waals surface area contributed by atoms with Crippen molar-refractivity contribution in [3.8, 4) is 6.07 Å². The van der Waals surface area contributed by atoms with Crippen LogP contribution in [-0.2, 0) is 26.6 Å². The summed E-state index contributed by atoms with van der Waals surface area (Å²) in [6, 6.07) is 8.95. The maximum absolute atomic E-state index is 12.3. The highest BCUT2D eigenvalue weighted by Gasteiger charge is 2.20. The Morgan fingerprint density at radius 2 is 1.69 bits per heavy atom. The second-order valence-corrected chi connectivity index (χ2v) is 8.70. The minimum Gasteiger partial charge on any atom is -0.207 e. The van der Waals surface area contributed by atoms with Crippen molar-refractivity contribution in [2.75, 3.05) is 0 Å². The van der Waals surface area contributed by atoms with Crippen molar-refractivity contribution in [3.63, 3.8) is 0 Å². The molecule has 0 unspecified atom stereocenters. The molecule has 138 valence electrons. The van der Waals surface area contributed by atoms with Gasteiger partial charge in [-0.15, -0.1) is 0 Å². The van der Waals surface area contributed by atoms with Crippen molar-refractivity contribution >= 4 is 20.0 Å². The van der Waals surface area contributed by atoms with Crippen LogP contribution in [0.3, 0.4) is 0 Å². The summed E-state index contributed by atoms with van der Waals surface area (Å²) in [5.74, 6) is 0. The van der Waals surface area contributed by atoms with Crippen LogP contribution in [0.4, 0.5) is 0 Å². The molecule has 0 fully saturated rings. The Balaban J connectivity index is 2.14. The van der Waals surface area contributed by atoms with Crippen LogP contribution in [-0.4, -0.2) is 33.1 Å². The number of aromatic nitrogens is 2. The molecule has 0 aliphatic rings. The number of rotatable bonds is 8. The Hall–Kier alpha value is -2.39. The first-order valence-electron chi connectivity index (χ1n) is 7.57. The fourth-order valence-electron chi connectivity index (χ4n) is 1.93. The number of hydrogen-bond acceptors (Lipinski definition) is 7. The second-order valence-electron chi connectivity index (χ2n) is 5.22. The Bertz CT molecular complexity index is 985. The summed E-state index contributed by atoms with van der Waals surface area (Å²) in [4.78, 5) is -0.216. The number of benzene rings is 1. The fourth-order valence-corrected chi connectivity index (χ4v) is 4.16. The van der Waals surface area contributed by atoms with Crippen molar-refractivity contribution in [3.05, 3.63) is 48.3 Å². The van der Waals surface area contributed by atoms with E-state index in [0.717, 1.165) is 0 Å². The molecule has 0 radical (unpaired) electrons. The lowest BCUT2D eigenvalue weighted by molar-refractivity contribution is 0.568. The molecule has 1 aromatic carbocycles. The molecular weight excluding hydrogens is 378 g/mol. The number of nitriles is 1. The molecule has 0 saturated heterocycles. The summed E-state index contributed by atoms with van der Waals surface area (Å²) in [6.07, 6.45) is 1.79. The van der Waals surface area contributed by atoms with E-state index in [1.54, 1.807) is 19.1 Å². The molecule has 2 rings (SSSR count). The van der Waals surface area contributed by atoms with Gasteiger partial charge in [0.25, 0.3) is 0 Å². The normalized spacial score (nSPS) is 13.1. The van der Waals surface area contributed by atoms with Gasteiger partial charge < -0.3 is 0 Å². The molecule has 9 nitrogen and oxygen atoms in total. The third-order valence-corrected chi connectivity index (χ3v) is 6.28. The van der Waals surface area contributed by atoms with Gasteiger partial charge in [-0.25, -0.2) is 21.6 Å². The van der Waals surface area contributed by atoms with Crippen molar-refractivity contribution in [2.24, 2.45) is 0 Å². The van der Waals surface area contributed by atoms with Gasteiger partial charge in [-0.05, 0) is 42.8 Å². The Morgan fingerprint density at radius 3 is 2.19 bits per heavy atom. The second kappa shape index (κ2) is 8.33. The first-order valence-corrected chi connectivity index (χ1v) is 10.5. The van der Waals surface area contributed by atoms with E-state index >= 15 is 0 Å². The molecule has 26 heavy (non-hydrogen) atoms. The molecule has 0 aliphatic carbocycles. The summed E-state index contributed by atoms with van der Waals surface area (Å²) in [5.41, 5.74) is 0.446. The maximum atomic E-state index is 12.3. The van der Waals surface area contributed by atoms with Gasteiger partial charge in [0.15, 0.2) is 0 Å². The summed E-state index contributed by atoms with van der Waals surface area (Å²) in [5, 5.41) is 16.3. The van der Waals surface area contributed by atoms with E-state index in [4.69, 9.17) is 5.26 Å². The molecule has 2 N–H and O–H groups in total. The van der Waals surface area contributed by atoms with Gasteiger partial charge in [0.2, 0.25) is 20.0 Å². The van der Waals surface area contributed by atoms with E-state index in [1.807, 2.05) is 6.07 Å². The number of nitrogens with one attached hydrogen (secondary N) is 2. The van der Waals surface area contributed by atoms with Crippen LogP contribution in [0.15, 0.2) is 52.4 Å². The molecule has 0 saturated carbocycles. The lowest BCUT2D eigenvalue weighted by Crippen LogP contribution is -2.33. The Kier molecular flexibility index (Phi) is 6.38. The van der Waals surface area contributed by atoms with Gasteiger partial charge in [-0.2, -0.15) is 20.2 Å². The quantitative estimate of drug-likeness (QED) is 0.664. The van der Waals surface area contributed by atoms with Gasteiger partial charge >= 0.3 is 0 Å². The van der Waals surface area contributed by atoms with Crippen molar-refractivity contribution in [1.29, 1.82) is 5.26 Å². The average Bonchev–Trinajstić information content (AvgIpc) is 2.65. The van der Waals surface area contributed by atoms with Crippen molar-refractivity contribution < 1.29 is 16.8 Å². The predicted octanol–water partition coefficient (Wildman–Crippen LogP) is 0.536. The number of sulfonamides is 2. The molecule has 0 amide bonds. The van der Waals surface area contributed by atoms with Crippen LogP contribution in [0.2, 0.25) is 0 Å². The van der Waals surface area contributed by atoms with Gasteiger partial charge in [-0.1, -0.05) is 6.92 Å². The highest BCUT2D eigenvalue weighted by molar-refractivity contribution is 7.90. The lowest BCUT2D eigenvalue weighted by atomic mass is 10.3.